The molecule has 0 aromatic rings. The Morgan fingerprint density at radius 2 is 2.00 bits per heavy atom. The smallest absolute Gasteiger partial charge is 0.307 e. The summed E-state index contributed by atoms with van der Waals surface area (Å²) in [6.45, 7) is 7.13. The van der Waals surface area contributed by atoms with Crippen LogP contribution in [0.5, 0.6) is 0 Å². The number of allylic oxidation sites excluding steroid dienone is 3. The van der Waals surface area contributed by atoms with Gasteiger partial charge in [0.25, 0.3) is 0 Å². The van der Waals surface area contributed by atoms with Gasteiger partial charge in [0, 0.05) is 5.41 Å². The molecule has 3 saturated carbocycles. The molecule has 148 valence electrons. The number of carboxylic acid groups (broad SMARTS) is 1. The molecule has 0 spiro atoms. The van der Waals surface area contributed by atoms with Crippen molar-refractivity contribution in [2.75, 3.05) is 6.61 Å². The summed E-state index contributed by atoms with van der Waals surface area (Å²) in [5, 5.41) is 9.73. The standard InChI is InChI=1S/C23H32O4/c1-4-11-27-20-13-23(3)14(12-19(20)24)5-6-15-16-7-8-18(21(25)26)22(16,2)10-9-17(15)23/h12-13,15-18H,4-11H2,1-3H3,(H,25,26)/t15-,16-,17-,18+,22-,23-/m0/s1. The fraction of sp³-hybridized carbons (Fsp3) is 0.739. The van der Waals surface area contributed by atoms with E-state index in [1.807, 2.05) is 6.08 Å². The number of ether oxygens (including phenoxy) is 1. The molecule has 0 aromatic heterocycles. The SMILES string of the molecule is CCCOC1=C[C@@]2(C)C(=CC1=O)CC[C@H]1[C@@H]3CC[C@H](C(=O)O)[C@@]3(C)CC[C@@H]12. The summed E-state index contributed by atoms with van der Waals surface area (Å²) in [7, 11) is 0. The highest BCUT2D eigenvalue weighted by atomic mass is 16.5. The van der Waals surface area contributed by atoms with E-state index in [4.69, 9.17) is 4.74 Å². The number of hydrogen-bond acceptors (Lipinski definition) is 3. The zero-order chi connectivity index (χ0) is 19.4. The van der Waals surface area contributed by atoms with E-state index in [2.05, 4.69) is 26.8 Å². The van der Waals surface area contributed by atoms with Gasteiger partial charge in [0.05, 0.1) is 12.5 Å². The van der Waals surface area contributed by atoms with Crippen LogP contribution in [0.3, 0.4) is 0 Å². The second kappa shape index (κ2) is 6.49. The third kappa shape index (κ3) is 2.70. The van der Waals surface area contributed by atoms with E-state index in [1.165, 1.54) is 5.57 Å². The van der Waals surface area contributed by atoms with Gasteiger partial charge in [-0.3, -0.25) is 9.59 Å². The number of ketones is 1. The molecule has 1 N–H and O–H groups in total. The normalized spacial score (nSPS) is 43.1. The Hall–Kier alpha value is -1.58. The number of carbonyl (C=O) groups is 2. The summed E-state index contributed by atoms with van der Waals surface area (Å²) >= 11 is 0. The van der Waals surface area contributed by atoms with Crippen LogP contribution in [0, 0.1) is 34.5 Å². The van der Waals surface area contributed by atoms with E-state index in [0.29, 0.717) is 30.1 Å². The Morgan fingerprint density at radius 1 is 1.22 bits per heavy atom. The Morgan fingerprint density at radius 3 is 2.70 bits per heavy atom. The van der Waals surface area contributed by atoms with Crippen molar-refractivity contribution < 1.29 is 19.4 Å². The van der Waals surface area contributed by atoms with Crippen LogP contribution in [-0.2, 0) is 14.3 Å². The number of rotatable bonds is 4. The minimum absolute atomic E-state index is 0.0156. The van der Waals surface area contributed by atoms with Crippen molar-refractivity contribution in [3.63, 3.8) is 0 Å². The molecule has 0 aromatic carbocycles. The van der Waals surface area contributed by atoms with E-state index in [-0.39, 0.29) is 22.5 Å². The van der Waals surface area contributed by atoms with Gasteiger partial charge in [0.2, 0.25) is 5.78 Å². The van der Waals surface area contributed by atoms with E-state index in [0.717, 1.165) is 44.9 Å². The van der Waals surface area contributed by atoms with Crippen LogP contribution in [0.1, 0.15) is 65.7 Å². The first-order chi connectivity index (χ1) is 12.8. The molecular weight excluding hydrogens is 340 g/mol. The lowest BCUT2D eigenvalue weighted by molar-refractivity contribution is -0.148. The average Bonchev–Trinajstić information content (AvgIpc) is 2.98. The van der Waals surface area contributed by atoms with E-state index in [9.17, 15) is 14.7 Å². The van der Waals surface area contributed by atoms with Crippen molar-refractivity contribution in [1.82, 2.24) is 0 Å². The van der Waals surface area contributed by atoms with Gasteiger partial charge >= 0.3 is 5.97 Å². The highest BCUT2D eigenvalue weighted by Gasteiger charge is 2.60. The maximum atomic E-state index is 12.5. The molecule has 4 aliphatic carbocycles. The molecule has 3 fully saturated rings. The molecule has 0 bridgehead atoms. The molecule has 0 radical (unpaired) electrons. The van der Waals surface area contributed by atoms with Gasteiger partial charge in [-0.2, -0.15) is 0 Å². The molecule has 27 heavy (non-hydrogen) atoms. The molecule has 0 saturated heterocycles. The van der Waals surface area contributed by atoms with Crippen molar-refractivity contribution in [2.24, 2.45) is 34.5 Å². The van der Waals surface area contributed by atoms with E-state index in [1.54, 1.807) is 0 Å². The van der Waals surface area contributed by atoms with Gasteiger partial charge in [-0.1, -0.05) is 26.3 Å². The molecule has 4 heteroatoms. The molecule has 4 rings (SSSR count). The van der Waals surface area contributed by atoms with Crippen molar-refractivity contribution >= 4 is 11.8 Å². The quantitative estimate of drug-likeness (QED) is 0.773. The van der Waals surface area contributed by atoms with Crippen molar-refractivity contribution in [3.05, 3.63) is 23.5 Å². The predicted molar refractivity (Wildman–Crippen MR) is 103 cm³/mol. The molecule has 0 unspecified atom stereocenters. The third-order valence-corrected chi connectivity index (χ3v) is 8.39. The lowest BCUT2D eigenvalue weighted by Gasteiger charge is -2.56. The lowest BCUT2D eigenvalue weighted by atomic mass is 9.47. The second-order valence-corrected chi connectivity index (χ2v) is 9.60. The molecule has 0 heterocycles. The summed E-state index contributed by atoms with van der Waals surface area (Å²) in [6, 6.07) is 0. The monoisotopic (exact) mass is 372 g/mol. The fourth-order valence-electron chi connectivity index (χ4n) is 7.00. The first kappa shape index (κ1) is 18.8. The zero-order valence-corrected chi connectivity index (χ0v) is 16.8. The number of aliphatic carboxylic acids is 1. The van der Waals surface area contributed by atoms with Gasteiger partial charge in [-0.15, -0.1) is 0 Å². The number of fused-ring (bicyclic) bond motifs is 5. The van der Waals surface area contributed by atoms with Crippen LogP contribution in [0.4, 0.5) is 0 Å². The Labute approximate surface area is 162 Å². The number of carbonyl (C=O) groups excluding carboxylic acids is 1. The van der Waals surface area contributed by atoms with Crippen molar-refractivity contribution in [3.8, 4) is 0 Å². The lowest BCUT2D eigenvalue weighted by Crippen LogP contribution is -2.50. The largest absolute Gasteiger partial charge is 0.490 e. The van der Waals surface area contributed by atoms with Crippen LogP contribution in [0.25, 0.3) is 0 Å². The minimum atomic E-state index is -0.612. The number of hydrogen-bond donors (Lipinski definition) is 1. The molecular formula is C23H32O4. The highest BCUT2D eigenvalue weighted by molar-refractivity contribution is 6.04. The summed E-state index contributed by atoms with van der Waals surface area (Å²) in [6.07, 6.45) is 10.8. The summed E-state index contributed by atoms with van der Waals surface area (Å²) in [5.41, 5.74) is 1.07. The minimum Gasteiger partial charge on any atom is -0.490 e. The molecule has 4 aliphatic rings. The van der Waals surface area contributed by atoms with Crippen LogP contribution < -0.4 is 0 Å². The van der Waals surface area contributed by atoms with E-state index < -0.39 is 5.97 Å². The van der Waals surface area contributed by atoms with Gasteiger partial charge in [0.1, 0.15) is 0 Å². The Kier molecular flexibility index (Phi) is 4.51. The fourth-order valence-corrected chi connectivity index (χ4v) is 7.00. The third-order valence-electron chi connectivity index (χ3n) is 8.39. The van der Waals surface area contributed by atoms with Crippen LogP contribution in [-0.4, -0.2) is 23.5 Å². The zero-order valence-electron chi connectivity index (χ0n) is 16.8. The van der Waals surface area contributed by atoms with Crippen LogP contribution >= 0.6 is 0 Å². The van der Waals surface area contributed by atoms with Gasteiger partial charge < -0.3 is 9.84 Å². The first-order valence-electron chi connectivity index (χ1n) is 10.6. The van der Waals surface area contributed by atoms with Crippen molar-refractivity contribution in [1.29, 1.82) is 0 Å². The Bertz CT molecular complexity index is 720. The second-order valence-electron chi connectivity index (χ2n) is 9.60. The summed E-state index contributed by atoms with van der Waals surface area (Å²) < 4.78 is 5.78. The molecule has 4 nitrogen and oxygen atoms in total. The first-order valence-corrected chi connectivity index (χ1v) is 10.6. The van der Waals surface area contributed by atoms with E-state index >= 15 is 0 Å². The molecule has 6 atom stereocenters. The van der Waals surface area contributed by atoms with Crippen LogP contribution in [0.2, 0.25) is 0 Å². The van der Waals surface area contributed by atoms with Gasteiger partial charge in [-0.25, -0.2) is 0 Å². The summed E-state index contributed by atoms with van der Waals surface area (Å²) in [5.74, 6) is 1.25. The topological polar surface area (TPSA) is 63.6 Å². The predicted octanol–water partition coefficient (Wildman–Crippen LogP) is 4.75. The van der Waals surface area contributed by atoms with Crippen molar-refractivity contribution in [2.45, 2.75) is 65.7 Å². The van der Waals surface area contributed by atoms with Gasteiger partial charge in [0.15, 0.2) is 5.76 Å². The number of carboxylic acids is 1. The molecule has 0 amide bonds. The Balaban J connectivity index is 1.65. The maximum absolute atomic E-state index is 12.5. The van der Waals surface area contributed by atoms with Crippen LogP contribution in [0.15, 0.2) is 23.5 Å². The van der Waals surface area contributed by atoms with Gasteiger partial charge in [-0.05, 0) is 80.3 Å². The maximum Gasteiger partial charge on any atom is 0.307 e. The summed E-state index contributed by atoms with van der Waals surface area (Å²) in [4.78, 5) is 24.3. The molecule has 0 aliphatic heterocycles. The highest BCUT2D eigenvalue weighted by Crippen LogP contribution is 2.66. The average molecular weight is 373 g/mol.